The topological polar surface area (TPSA) is 125 Å². The van der Waals surface area contributed by atoms with Crippen LogP contribution in [0.15, 0.2) is 30.4 Å². The van der Waals surface area contributed by atoms with Gasteiger partial charge in [0.2, 0.25) is 15.9 Å². The zero-order chi connectivity index (χ0) is 23.9. The van der Waals surface area contributed by atoms with E-state index >= 15 is 0 Å². The molecule has 3 N–H and O–H groups in total. The van der Waals surface area contributed by atoms with Crippen molar-refractivity contribution in [3.05, 3.63) is 41.7 Å². The number of nitrogens with one attached hydrogen (secondary N) is 2. The van der Waals surface area contributed by atoms with Crippen molar-refractivity contribution in [3.63, 3.8) is 0 Å². The van der Waals surface area contributed by atoms with Crippen LogP contribution in [0.3, 0.4) is 0 Å². The molecule has 1 atom stereocenters. The summed E-state index contributed by atoms with van der Waals surface area (Å²) in [7, 11) is -3.62. The highest BCUT2D eigenvalue weighted by Crippen LogP contribution is 2.24. The molecular formula is C21H30FN3O6S. The minimum absolute atomic E-state index is 0.0675. The molecule has 1 fully saturated rings. The first-order chi connectivity index (χ1) is 14.9. The third kappa shape index (κ3) is 8.56. The molecule has 0 aliphatic carbocycles. The Kier molecular flexibility index (Phi) is 8.76. The number of sulfonamides is 1. The van der Waals surface area contributed by atoms with Gasteiger partial charge in [0.15, 0.2) is 11.6 Å². The molecule has 1 heterocycles. The van der Waals surface area contributed by atoms with Gasteiger partial charge in [-0.3, -0.25) is 10.1 Å². The summed E-state index contributed by atoms with van der Waals surface area (Å²) in [6.45, 7) is 5.19. The summed E-state index contributed by atoms with van der Waals surface area (Å²) in [5, 5.41) is 12.0. The predicted octanol–water partition coefficient (Wildman–Crippen LogP) is 1.84. The summed E-state index contributed by atoms with van der Waals surface area (Å²) in [6.07, 6.45) is 3.82. The molecule has 0 aromatic heterocycles. The summed E-state index contributed by atoms with van der Waals surface area (Å²) in [5.41, 5.74) is -0.625. The third-order valence-electron chi connectivity index (χ3n) is 4.58. The number of urea groups is 1. The number of imide groups is 1. The van der Waals surface area contributed by atoms with Crippen LogP contribution in [-0.2, 0) is 14.8 Å². The largest absolute Gasteiger partial charge is 0.488 e. The van der Waals surface area contributed by atoms with Crippen LogP contribution in [0.25, 0.3) is 0 Å². The smallest absolute Gasteiger partial charge is 0.324 e. The molecule has 1 aromatic carbocycles. The average molecular weight is 472 g/mol. The zero-order valence-electron chi connectivity index (χ0n) is 18.4. The molecule has 1 aromatic rings. The number of halogens is 1. The molecule has 0 spiro atoms. The molecule has 178 valence electrons. The van der Waals surface area contributed by atoms with Gasteiger partial charge in [-0.2, -0.15) is 0 Å². The Morgan fingerprint density at radius 3 is 2.72 bits per heavy atom. The normalized spacial score (nSPS) is 16.3. The highest BCUT2D eigenvalue weighted by Gasteiger charge is 2.22. The number of allylic oxidation sites excluding steroid dienone is 1. The molecule has 1 aliphatic rings. The van der Waals surface area contributed by atoms with E-state index in [-0.39, 0.29) is 43.4 Å². The fraction of sp³-hybridized carbons (Fsp3) is 0.524. The number of aliphatic hydroxyl groups is 1. The molecule has 3 amide bonds. The lowest BCUT2D eigenvalue weighted by molar-refractivity contribution is -0.121. The second-order valence-corrected chi connectivity index (χ2v) is 10.1. The molecular weight excluding hydrogens is 441 g/mol. The molecule has 11 heteroatoms. The molecule has 9 nitrogen and oxygen atoms in total. The van der Waals surface area contributed by atoms with E-state index < -0.39 is 33.5 Å². The van der Waals surface area contributed by atoms with Crippen molar-refractivity contribution in [3.8, 4) is 5.75 Å². The number of ether oxygens (including phenoxy) is 1. The maximum atomic E-state index is 14.0. The standard InChI is InChI=1S/C21H30FN3O6S/c1-15(16-7-8-17(22)18(13-16)31-14-21(2,3)28)24-32(29,30)12-6-4-5-10-25-11-9-19(26)23-20(25)27/h4-5,7-8,13,15,24,28H,6,9-12,14H2,1-3H3,(H,23,26,27)/b5-4+/t15-/m1/s1. The lowest BCUT2D eigenvalue weighted by Gasteiger charge is -2.25. The first-order valence-corrected chi connectivity index (χ1v) is 11.9. The highest BCUT2D eigenvalue weighted by atomic mass is 32.2. The summed E-state index contributed by atoms with van der Waals surface area (Å²) < 4.78 is 46.6. The van der Waals surface area contributed by atoms with E-state index in [9.17, 15) is 27.5 Å². The lowest BCUT2D eigenvalue weighted by atomic mass is 10.1. The predicted molar refractivity (Wildman–Crippen MR) is 117 cm³/mol. The monoisotopic (exact) mass is 471 g/mol. The van der Waals surface area contributed by atoms with Crippen molar-refractivity contribution in [2.45, 2.75) is 45.3 Å². The van der Waals surface area contributed by atoms with E-state index in [4.69, 9.17) is 4.74 Å². The fourth-order valence-electron chi connectivity index (χ4n) is 2.87. The Morgan fingerprint density at radius 1 is 1.34 bits per heavy atom. The molecule has 0 bridgehead atoms. The number of rotatable bonds is 11. The molecule has 32 heavy (non-hydrogen) atoms. The van der Waals surface area contributed by atoms with Crippen molar-refractivity contribution in [1.29, 1.82) is 0 Å². The minimum Gasteiger partial charge on any atom is -0.488 e. The van der Waals surface area contributed by atoms with Crippen LogP contribution in [0.5, 0.6) is 5.75 Å². The summed E-state index contributed by atoms with van der Waals surface area (Å²) in [6, 6.07) is 2.98. The van der Waals surface area contributed by atoms with E-state index in [1.54, 1.807) is 19.1 Å². The van der Waals surface area contributed by atoms with Gasteiger partial charge in [-0.25, -0.2) is 22.3 Å². The second-order valence-electron chi connectivity index (χ2n) is 8.26. The molecule has 1 saturated heterocycles. The van der Waals surface area contributed by atoms with Crippen LogP contribution in [0.4, 0.5) is 9.18 Å². The molecule has 0 unspecified atom stereocenters. The van der Waals surface area contributed by atoms with Crippen molar-refractivity contribution in [1.82, 2.24) is 14.9 Å². The maximum absolute atomic E-state index is 14.0. The van der Waals surface area contributed by atoms with Gasteiger partial charge in [0.25, 0.3) is 0 Å². The fourth-order valence-corrected chi connectivity index (χ4v) is 4.11. The van der Waals surface area contributed by atoms with E-state index in [0.717, 1.165) is 0 Å². The van der Waals surface area contributed by atoms with Crippen LogP contribution in [-0.4, -0.2) is 61.4 Å². The summed E-state index contributed by atoms with van der Waals surface area (Å²) in [4.78, 5) is 24.2. The van der Waals surface area contributed by atoms with Gasteiger partial charge in [-0.1, -0.05) is 18.2 Å². The average Bonchev–Trinajstić information content (AvgIpc) is 2.67. The van der Waals surface area contributed by atoms with Crippen molar-refractivity contribution >= 4 is 22.0 Å². The summed E-state index contributed by atoms with van der Waals surface area (Å²) >= 11 is 0. The van der Waals surface area contributed by atoms with Crippen LogP contribution in [0, 0.1) is 5.82 Å². The Labute approximate surface area is 187 Å². The van der Waals surface area contributed by atoms with Crippen molar-refractivity contribution in [2.75, 3.05) is 25.4 Å². The number of nitrogens with zero attached hydrogens (tertiary/aromatic N) is 1. The SMILES string of the molecule is C[C@@H](NS(=O)(=O)CC/C=C/CN1CCC(=O)NC1=O)c1ccc(F)c(OCC(C)(C)O)c1. The Bertz CT molecular complexity index is 959. The van der Waals surface area contributed by atoms with Crippen molar-refractivity contribution < 1.29 is 32.2 Å². The maximum Gasteiger partial charge on any atom is 0.324 e. The molecule has 0 saturated carbocycles. The summed E-state index contributed by atoms with van der Waals surface area (Å²) in [5.74, 6) is -1.15. The van der Waals surface area contributed by atoms with Gasteiger partial charge in [-0.15, -0.1) is 0 Å². The number of carbonyl (C=O) groups excluding carboxylic acids is 2. The number of benzene rings is 1. The van der Waals surface area contributed by atoms with Gasteiger partial charge < -0.3 is 14.7 Å². The van der Waals surface area contributed by atoms with Crippen LogP contribution in [0.1, 0.15) is 45.2 Å². The second kappa shape index (κ2) is 10.9. The first-order valence-electron chi connectivity index (χ1n) is 10.2. The van der Waals surface area contributed by atoms with Gasteiger partial charge in [0.05, 0.1) is 11.4 Å². The van der Waals surface area contributed by atoms with Crippen LogP contribution < -0.4 is 14.8 Å². The first kappa shape index (κ1) is 25.8. The zero-order valence-corrected chi connectivity index (χ0v) is 19.2. The molecule has 1 aliphatic heterocycles. The van der Waals surface area contributed by atoms with E-state index in [1.807, 2.05) is 0 Å². The van der Waals surface area contributed by atoms with Gasteiger partial charge in [0, 0.05) is 25.6 Å². The Morgan fingerprint density at radius 2 is 2.06 bits per heavy atom. The minimum atomic E-state index is -3.62. The van der Waals surface area contributed by atoms with Crippen LogP contribution >= 0.6 is 0 Å². The highest BCUT2D eigenvalue weighted by molar-refractivity contribution is 7.89. The third-order valence-corrected chi connectivity index (χ3v) is 6.07. The molecule has 0 radical (unpaired) electrons. The number of hydrogen-bond acceptors (Lipinski definition) is 6. The Hall–Kier alpha value is -2.50. The number of amides is 3. The number of hydrogen-bond donors (Lipinski definition) is 3. The van der Waals surface area contributed by atoms with Gasteiger partial charge in [-0.05, 0) is 44.9 Å². The van der Waals surface area contributed by atoms with E-state index in [0.29, 0.717) is 12.1 Å². The lowest BCUT2D eigenvalue weighted by Crippen LogP contribution is -2.49. The van der Waals surface area contributed by atoms with Crippen LogP contribution in [0.2, 0.25) is 0 Å². The van der Waals surface area contributed by atoms with E-state index in [1.165, 1.54) is 36.9 Å². The van der Waals surface area contributed by atoms with Gasteiger partial charge >= 0.3 is 6.03 Å². The van der Waals surface area contributed by atoms with Gasteiger partial charge in [0.1, 0.15) is 6.61 Å². The molecule has 2 rings (SSSR count). The number of carbonyl (C=O) groups is 2. The quantitative estimate of drug-likeness (QED) is 0.423. The van der Waals surface area contributed by atoms with E-state index in [2.05, 4.69) is 10.0 Å². The Balaban J connectivity index is 1.86. The van der Waals surface area contributed by atoms with Crippen molar-refractivity contribution in [2.24, 2.45) is 0 Å².